The van der Waals surface area contributed by atoms with Crippen LogP contribution in [0.3, 0.4) is 0 Å². The molecular weight excluding hydrogens is 240 g/mol. The Balaban J connectivity index is 1.65. The Hall–Kier alpha value is -1.55. The monoisotopic (exact) mass is 260 g/mol. The average molecular weight is 260 g/mol. The fourth-order valence-electron chi connectivity index (χ4n) is 2.89. The largest absolute Gasteiger partial charge is 0.480 e. The smallest absolute Gasteiger partial charge is 0.264 e. The molecule has 1 aromatic rings. The van der Waals surface area contributed by atoms with Gasteiger partial charge in [-0.3, -0.25) is 4.79 Å². The molecule has 2 atom stereocenters. The zero-order valence-electron chi connectivity index (χ0n) is 11.3. The number of likely N-dealkylation sites (N-methyl/N-ethyl adjacent to an activating group) is 1. The summed E-state index contributed by atoms with van der Waals surface area (Å²) < 4.78 is 5.77. The van der Waals surface area contributed by atoms with Gasteiger partial charge in [0.25, 0.3) is 5.91 Å². The SMILES string of the molecule is CN(C(=O)C1Cc2ccccc2O1)C1CCCNC1. The lowest BCUT2D eigenvalue weighted by atomic mass is 10.0. The number of amides is 1. The number of hydrogen-bond donors (Lipinski definition) is 1. The molecule has 1 fully saturated rings. The molecule has 1 aromatic carbocycles. The number of fused-ring (bicyclic) bond motifs is 1. The summed E-state index contributed by atoms with van der Waals surface area (Å²) >= 11 is 0. The van der Waals surface area contributed by atoms with E-state index in [1.165, 1.54) is 0 Å². The minimum atomic E-state index is -0.343. The number of ether oxygens (including phenoxy) is 1. The van der Waals surface area contributed by atoms with E-state index in [1.54, 1.807) is 0 Å². The molecule has 0 radical (unpaired) electrons. The van der Waals surface area contributed by atoms with E-state index < -0.39 is 0 Å². The maximum absolute atomic E-state index is 12.5. The predicted molar refractivity (Wildman–Crippen MR) is 73.2 cm³/mol. The third-order valence-electron chi connectivity index (χ3n) is 4.09. The minimum absolute atomic E-state index is 0.102. The van der Waals surface area contributed by atoms with Gasteiger partial charge < -0.3 is 15.0 Å². The second-order valence-corrected chi connectivity index (χ2v) is 5.37. The van der Waals surface area contributed by atoms with Crippen LogP contribution in [0.15, 0.2) is 24.3 Å². The molecule has 102 valence electrons. The third kappa shape index (κ3) is 2.45. The van der Waals surface area contributed by atoms with Gasteiger partial charge in [0, 0.05) is 26.1 Å². The van der Waals surface area contributed by atoms with Gasteiger partial charge in [-0.15, -0.1) is 0 Å². The molecule has 2 aliphatic rings. The Kier molecular flexibility index (Phi) is 3.42. The minimum Gasteiger partial charge on any atom is -0.480 e. The van der Waals surface area contributed by atoms with Crippen LogP contribution in [0, 0.1) is 0 Å². The first kappa shape index (κ1) is 12.5. The van der Waals surface area contributed by atoms with Gasteiger partial charge in [0.1, 0.15) is 5.75 Å². The van der Waals surface area contributed by atoms with Crippen LogP contribution in [0.25, 0.3) is 0 Å². The summed E-state index contributed by atoms with van der Waals surface area (Å²) in [5.41, 5.74) is 1.14. The molecule has 0 bridgehead atoms. The van der Waals surface area contributed by atoms with Crippen molar-refractivity contribution < 1.29 is 9.53 Å². The Bertz CT molecular complexity index is 444. The van der Waals surface area contributed by atoms with Crippen molar-refractivity contribution in [3.8, 4) is 5.75 Å². The average Bonchev–Trinajstić information content (AvgIpc) is 2.90. The summed E-state index contributed by atoms with van der Waals surface area (Å²) in [7, 11) is 1.90. The van der Waals surface area contributed by atoms with Crippen molar-refractivity contribution in [1.29, 1.82) is 0 Å². The maximum atomic E-state index is 12.5. The number of nitrogens with one attached hydrogen (secondary N) is 1. The Morgan fingerprint density at radius 2 is 2.26 bits per heavy atom. The first-order chi connectivity index (χ1) is 9.25. The zero-order chi connectivity index (χ0) is 13.2. The molecule has 19 heavy (non-hydrogen) atoms. The summed E-state index contributed by atoms with van der Waals surface area (Å²) in [6.07, 6.45) is 2.56. The van der Waals surface area contributed by atoms with Gasteiger partial charge in [-0.25, -0.2) is 0 Å². The predicted octanol–water partition coefficient (Wildman–Crippen LogP) is 1.20. The summed E-state index contributed by atoms with van der Waals surface area (Å²) in [6, 6.07) is 8.20. The van der Waals surface area contributed by atoms with Crippen molar-refractivity contribution in [3.05, 3.63) is 29.8 Å². The van der Waals surface area contributed by atoms with Gasteiger partial charge in [-0.05, 0) is 31.0 Å². The molecular formula is C15H20N2O2. The Morgan fingerprint density at radius 1 is 1.42 bits per heavy atom. The van der Waals surface area contributed by atoms with E-state index in [0.717, 1.165) is 37.2 Å². The summed E-state index contributed by atoms with van der Waals surface area (Å²) in [5, 5.41) is 3.34. The number of hydrogen-bond acceptors (Lipinski definition) is 3. The fourth-order valence-corrected chi connectivity index (χ4v) is 2.89. The van der Waals surface area contributed by atoms with E-state index in [4.69, 9.17) is 4.74 Å². The molecule has 2 unspecified atom stereocenters. The molecule has 1 N–H and O–H groups in total. The topological polar surface area (TPSA) is 41.6 Å². The molecule has 2 aliphatic heterocycles. The first-order valence-electron chi connectivity index (χ1n) is 6.97. The highest BCUT2D eigenvalue weighted by Gasteiger charge is 2.33. The number of para-hydroxylation sites is 1. The molecule has 0 saturated carbocycles. The van der Waals surface area contributed by atoms with Crippen LogP contribution in [0.1, 0.15) is 18.4 Å². The molecule has 0 aliphatic carbocycles. The molecule has 0 spiro atoms. The normalized spacial score (nSPS) is 25.5. The van der Waals surface area contributed by atoms with Gasteiger partial charge in [-0.1, -0.05) is 18.2 Å². The second kappa shape index (κ2) is 5.21. The number of carbonyl (C=O) groups is 1. The third-order valence-corrected chi connectivity index (χ3v) is 4.09. The molecule has 4 heteroatoms. The van der Waals surface area contributed by atoms with Crippen LogP contribution in [0.5, 0.6) is 5.75 Å². The van der Waals surface area contributed by atoms with Crippen molar-refractivity contribution in [2.45, 2.75) is 31.4 Å². The molecule has 1 amide bonds. The van der Waals surface area contributed by atoms with Gasteiger partial charge in [0.2, 0.25) is 0 Å². The summed E-state index contributed by atoms with van der Waals surface area (Å²) in [4.78, 5) is 14.4. The van der Waals surface area contributed by atoms with Gasteiger partial charge in [0.15, 0.2) is 6.10 Å². The first-order valence-corrected chi connectivity index (χ1v) is 6.97. The number of nitrogens with zero attached hydrogens (tertiary/aromatic N) is 1. The van der Waals surface area contributed by atoms with E-state index in [1.807, 2.05) is 36.2 Å². The van der Waals surface area contributed by atoms with Crippen molar-refractivity contribution in [3.63, 3.8) is 0 Å². The summed E-state index contributed by atoms with van der Waals surface area (Å²) in [5.74, 6) is 0.959. The highest BCUT2D eigenvalue weighted by Crippen LogP contribution is 2.29. The lowest BCUT2D eigenvalue weighted by Gasteiger charge is -2.33. The van der Waals surface area contributed by atoms with Crippen molar-refractivity contribution in [2.24, 2.45) is 0 Å². The molecule has 1 saturated heterocycles. The Labute approximate surface area is 113 Å². The molecule has 2 heterocycles. The van der Waals surface area contributed by atoms with E-state index in [-0.39, 0.29) is 12.0 Å². The highest BCUT2D eigenvalue weighted by atomic mass is 16.5. The van der Waals surface area contributed by atoms with Crippen molar-refractivity contribution in [2.75, 3.05) is 20.1 Å². The number of piperidine rings is 1. The second-order valence-electron chi connectivity index (χ2n) is 5.37. The van der Waals surface area contributed by atoms with E-state index in [0.29, 0.717) is 12.5 Å². The number of rotatable bonds is 2. The quantitative estimate of drug-likeness (QED) is 0.869. The van der Waals surface area contributed by atoms with Crippen LogP contribution in [0.4, 0.5) is 0 Å². The highest BCUT2D eigenvalue weighted by molar-refractivity contribution is 5.82. The van der Waals surface area contributed by atoms with Crippen LogP contribution in [0.2, 0.25) is 0 Å². The molecule has 3 rings (SSSR count). The summed E-state index contributed by atoms with van der Waals surface area (Å²) in [6.45, 7) is 1.95. The van der Waals surface area contributed by atoms with Crippen LogP contribution >= 0.6 is 0 Å². The Morgan fingerprint density at radius 3 is 3.00 bits per heavy atom. The van der Waals surface area contributed by atoms with Crippen LogP contribution < -0.4 is 10.1 Å². The van der Waals surface area contributed by atoms with Gasteiger partial charge in [-0.2, -0.15) is 0 Å². The number of benzene rings is 1. The van der Waals surface area contributed by atoms with Crippen LogP contribution in [-0.4, -0.2) is 43.1 Å². The lowest BCUT2D eigenvalue weighted by molar-refractivity contribution is -0.139. The molecule has 0 aromatic heterocycles. The van der Waals surface area contributed by atoms with Crippen molar-refractivity contribution in [1.82, 2.24) is 10.2 Å². The van der Waals surface area contributed by atoms with E-state index in [2.05, 4.69) is 5.32 Å². The van der Waals surface area contributed by atoms with Crippen LogP contribution in [-0.2, 0) is 11.2 Å². The van der Waals surface area contributed by atoms with E-state index in [9.17, 15) is 4.79 Å². The molecule has 4 nitrogen and oxygen atoms in total. The van der Waals surface area contributed by atoms with Gasteiger partial charge >= 0.3 is 0 Å². The standard InChI is InChI=1S/C15H20N2O2/c1-17(12-6-4-8-16-10-12)15(18)14-9-11-5-2-3-7-13(11)19-14/h2-3,5,7,12,14,16H,4,6,8-10H2,1H3. The lowest BCUT2D eigenvalue weighted by Crippen LogP contribution is -2.50. The maximum Gasteiger partial charge on any atom is 0.264 e. The van der Waals surface area contributed by atoms with Crippen molar-refractivity contribution >= 4 is 5.91 Å². The fraction of sp³-hybridized carbons (Fsp3) is 0.533. The van der Waals surface area contributed by atoms with E-state index >= 15 is 0 Å². The van der Waals surface area contributed by atoms with Gasteiger partial charge in [0.05, 0.1) is 0 Å². The number of carbonyl (C=O) groups excluding carboxylic acids is 1. The zero-order valence-corrected chi connectivity index (χ0v) is 11.3.